The zero-order valence-corrected chi connectivity index (χ0v) is 10.5. The molecule has 0 saturated heterocycles. The Morgan fingerprint density at radius 3 is 2.80 bits per heavy atom. The molecule has 2 heterocycles. The monoisotopic (exact) mass is 265 g/mol. The number of para-hydroxylation sites is 1. The molecule has 2 aromatic rings. The van der Waals surface area contributed by atoms with E-state index in [1.807, 2.05) is 24.3 Å². The molecule has 0 unspecified atom stereocenters. The topological polar surface area (TPSA) is 58.6 Å². The molecule has 0 radical (unpaired) electrons. The Hall–Kier alpha value is -2.75. The molecule has 4 rings (SSSR count). The van der Waals surface area contributed by atoms with Crippen LogP contribution in [0.15, 0.2) is 48.2 Å². The lowest BCUT2D eigenvalue weighted by Crippen LogP contribution is -2.07. The summed E-state index contributed by atoms with van der Waals surface area (Å²) in [6.45, 7) is 0. The van der Waals surface area contributed by atoms with E-state index < -0.39 is 0 Å². The van der Waals surface area contributed by atoms with E-state index in [9.17, 15) is 9.90 Å². The number of amides is 1. The summed E-state index contributed by atoms with van der Waals surface area (Å²) in [4.78, 5) is 12.2. The van der Waals surface area contributed by atoms with Crippen LogP contribution in [0.3, 0.4) is 0 Å². The van der Waals surface area contributed by atoms with Gasteiger partial charge in [0.05, 0.1) is 16.8 Å². The van der Waals surface area contributed by atoms with Crippen molar-refractivity contribution in [2.45, 2.75) is 6.42 Å². The second-order valence-corrected chi connectivity index (χ2v) is 4.84. The normalized spacial score (nSPS) is 19.3. The largest absolute Gasteiger partial charge is 0.507 e. The maximum absolute atomic E-state index is 12.2. The molecular weight excluding hydrogens is 254 g/mol. The summed E-state index contributed by atoms with van der Waals surface area (Å²) in [7, 11) is 0. The van der Waals surface area contributed by atoms with Crippen molar-refractivity contribution >= 4 is 17.2 Å². The van der Waals surface area contributed by atoms with E-state index in [2.05, 4.69) is 5.32 Å². The Kier molecular flexibility index (Phi) is 2.15. The van der Waals surface area contributed by atoms with Crippen LogP contribution in [0.4, 0.5) is 5.69 Å². The number of carbonyl (C=O) groups excluding carboxylic acids is 1. The summed E-state index contributed by atoms with van der Waals surface area (Å²) in [6.07, 6.45) is 0.562. The van der Waals surface area contributed by atoms with Gasteiger partial charge in [-0.05, 0) is 18.2 Å². The second kappa shape index (κ2) is 3.87. The number of allylic oxidation sites excluding steroid dienone is 1. The molecule has 1 amide bonds. The Bertz CT molecular complexity index is 750. The Labute approximate surface area is 115 Å². The average Bonchev–Trinajstić information content (AvgIpc) is 2.99. The Morgan fingerprint density at radius 1 is 1.10 bits per heavy atom. The maximum Gasteiger partial charge on any atom is 0.259 e. The second-order valence-electron chi connectivity index (χ2n) is 4.84. The Balaban J connectivity index is 1.89. The lowest BCUT2D eigenvalue weighted by molar-refractivity contribution is -0.110. The van der Waals surface area contributed by atoms with Gasteiger partial charge in [0.1, 0.15) is 17.3 Å². The number of rotatable bonds is 0. The van der Waals surface area contributed by atoms with Crippen molar-refractivity contribution < 1.29 is 14.6 Å². The molecule has 20 heavy (non-hydrogen) atoms. The number of nitrogens with one attached hydrogen (secondary N) is 1. The predicted octanol–water partition coefficient (Wildman–Crippen LogP) is 2.69. The van der Waals surface area contributed by atoms with E-state index in [1.165, 1.54) is 0 Å². The minimum Gasteiger partial charge on any atom is -0.507 e. The molecule has 0 fully saturated rings. The van der Waals surface area contributed by atoms with Crippen LogP contribution in [0.1, 0.15) is 11.1 Å². The number of anilines is 1. The number of aromatic hydroxyl groups is 1. The van der Waals surface area contributed by atoms with E-state index in [0.717, 1.165) is 11.3 Å². The van der Waals surface area contributed by atoms with Crippen LogP contribution in [-0.4, -0.2) is 11.0 Å². The molecule has 0 saturated carbocycles. The number of phenolic OH excluding ortho intramolecular Hbond substituents is 1. The fourth-order valence-corrected chi connectivity index (χ4v) is 2.70. The minimum atomic E-state index is -0.232. The van der Waals surface area contributed by atoms with Crippen molar-refractivity contribution in [3.05, 3.63) is 59.4 Å². The fraction of sp³-hybridized carbons (Fsp3) is 0.0625. The van der Waals surface area contributed by atoms with Crippen molar-refractivity contribution in [3.63, 3.8) is 0 Å². The summed E-state index contributed by atoms with van der Waals surface area (Å²) in [5.41, 5.74) is 2.62. The van der Waals surface area contributed by atoms with Crippen LogP contribution in [-0.2, 0) is 11.2 Å². The van der Waals surface area contributed by atoms with Gasteiger partial charge in [-0.2, -0.15) is 0 Å². The first-order valence-electron chi connectivity index (χ1n) is 6.36. The molecule has 2 N–H and O–H groups in total. The van der Waals surface area contributed by atoms with Crippen molar-refractivity contribution in [3.8, 4) is 11.5 Å². The molecule has 4 heteroatoms. The standard InChI is InChI=1S/C16H11NO3/c18-11-6-3-5-10-14(11)15(16(19)17-10)13-8-9-4-1-2-7-12(9)20-13/h1-7,18H,8H2,(H,17,19). The number of phenols is 1. The summed E-state index contributed by atoms with van der Waals surface area (Å²) in [5.74, 6) is 1.21. The molecule has 0 spiro atoms. The van der Waals surface area contributed by atoms with Gasteiger partial charge in [0.15, 0.2) is 0 Å². The lowest BCUT2D eigenvalue weighted by Gasteiger charge is -2.05. The lowest BCUT2D eigenvalue weighted by atomic mass is 10.0. The number of carbonyl (C=O) groups is 1. The zero-order valence-electron chi connectivity index (χ0n) is 10.5. The first kappa shape index (κ1) is 11.1. The summed E-state index contributed by atoms with van der Waals surface area (Å²) >= 11 is 0. The van der Waals surface area contributed by atoms with Gasteiger partial charge < -0.3 is 15.2 Å². The van der Waals surface area contributed by atoms with E-state index in [-0.39, 0.29) is 11.7 Å². The highest BCUT2D eigenvalue weighted by Crippen LogP contribution is 2.43. The highest BCUT2D eigenvalue weighted by molar-refractivity contribution is 6.32. The molecule has 4 nitrogen and oxygen atoms in total. The minimum absolute atomic E-state index is 0.0860. The predicted molar refractivity (Wildman–Crippen MR) is 74.4 cm³/mol. The zero-order chi connectivity index (χ0) is 13.7. The SMILES string of the molecule is O=C1Nc2cccc(O)c2C1=C1Cc2ccccc2O1. The van der Waals surface area contributed by atoms with Crippen molar-refractivity contribution in [1.29, 1.82) is 0 Å². The molecule has 98 valence electrons. The van der Waals surface area contributed by atoms with Crippen LogP contribution >= 0.6 is 0 Å². The van der Waals surface area contributed by atoms with Crippen LogP contribution in [0.5, 0.6) is 11.5 Å². The first-order valence-corrected chi connectivity index (χ1v) is 6.36. The molecule has 0 aromatic heterocycles. The molecule has 2 aliphatic heterocycles. The third kappa shape index (κ3) is 1.45. The third-order valence-electron chi connectivity index (χ3n) is 3.60. The van der Waals surface area contributed by atoms with E-state index in [4.69, 9.17) is 4.74 Å². The fourth-order valence-electron chi connectivity index (χ4n) is 2.70. The van der Waals surface area contributed by atoms with E-state index in [1.54, 1.807) is 18.2 Å². The van der Waals surface area contributed by atoms with Gasteiger partial charge in [-0.3, -0.25) is 4.79 Å². The molecule has 0 aliphatic carbocycles. The molecule has 0 atom stereocenters. The number of hydrogen-bond acceptors (Lipinski definition) is 3. The van der Waals surface area contributed by atoms with E-state index in [0.29, 0.717) is 29.0 Å². The number of hydrogen-bond donors (Lipinski definition) is 2. The quantitative estimate of drug-likeness (QED) is 0.720. The van der Waals surface area contributed by atoms with Gasteiger partial charge in [0.2, 0.25) is 0 Å². The van der Waals surface area contributed by atoms with Gasteiger partial charge in [-0.25, -0.2) is 0 Å². The summed E-state index contributed by atoms with van der Waals surface area (Å²) in [6, 6.07) is 12.7. The van der Waals surface area contributed by atoms with Crippen LogP contribution < -0.4 is 10.1 Å². The average molecular weight is 265 g/mol. The van der Waals surface area contributed by atoms with Crippen LogP contribution in [0.2, 0.25) is 0 Å². The molecular formula is C16H11NO3. The van der Waals surface area contributed by atoms with Gasteiger partial charge in [-0.1, -0.05) is 24.3 Å². The van der Waals surface area contributed by atoms with Crippen LogP contribution in [0, 0.1) is 0 Å². The highest BCUT2D eigenvalue weighted by Gasteiger charge is 2.33. The number of fused-ring (bicyclic) bond motifs is 2. The number of benzene rings is 2. The molecule has 2 aliphatic rings. The summed E-state index contributed by atoms with van der Waals surface area (Å²) < 4.78 is 5.78. The number of ether oxygens (including phenoxy) is 1. The first-order chi connectivity index (χ1) is 9.74. The van der Waals surface area contributed by atoms with Crippen molar-refractivity contribution in [1.82, 2.24) is 0 Å². The Morgan fingerprint density at radius 2 is 1.95 bits per heavy atom. The van der Waals surface area contributed by atoms with Gasteiger partial charge in [0.25, 0.3) is 5.91 Å². The third-order valence-corrected chi connectivity index (χ3v) is 3.60. The maximum atomic E-state index is 12.2. The van der Waals surface area contributed by atoms with Gasteiger partial charge >= 0.3 is 0 Å². The molecule has 0 bridgehead atoms. The molecule has 2 aromatic carbocycles. The summed E-state index contributed by atoms with van der Waals surface area (Å²) in [5, 5.41) is 12.8. The van der Waals surface area contributed by atoms with Crippen LogP contribution in [0.25, 0.3) is 5.57 Å². The van der Waals surface area contributed by atoms with Gasteiger partial charge in [-0.15, -0.1) is 0 Å². The highest BCUT2D eigenvalue weighted by atomic mass is 16.5. The smallest absolute Gasteiger partial charge is 0.259 e. The van der Waals surface area contributed by atoms with E-state index >= 15 is 0 Å². The van der Waals surface area contributed by atoms with Crippen molar-refractivity contribution in [2.24, 2.45) is 0 Å². The van der Waals surface area contributed by atoms with Crippen molar-refractivity contribution in [2.75, 3.05) is 5.32 Å². The van der Waals surface area contributed by atoms with Gasteiger partial charge in [0, 0.05) is 12.0 Å².